The van der Waals surface area contributed by atoms with Crippen molar-refractivity contribution in [1.29, 1.82) is 0 Å². The molecule has 1 unspecified atom stereocenters. The Labute approximate surface area is 620 Å². The summed E-state index contributed by atoms with van der Waals surface area (Å²) in [6.45, 7) is 16.0. The highest BCUT2D eigenvalue weighted by Crippen LogP contribution is 2.50. The number of rotatable bonds is 24. The number of pyridine rings is 1. The van der Waals surface area contributed by atoms with Crippen LogP contribution in [-0.4, -0.2) is 151 Å². The van der Waals surface area contributed by atoms with Crippen molar-refractivity contribution >= 4 is 195 Å². The zero-order valence-corrected chi connectivity index (χ0v) is 61.6. The first kappa shape index (κ1) is 78.9. The van der Waals surface area contributed by atoms with Crippen molar-refractivity contribution < 1.29 is 60.9 Å². The Morgan fingerprint density at radius 2 is 1.13 bits per heavy atom. The lowest BCUT2D eigenvalue weighted by Crippen LogP contribution is -2.31. The molecule has 10 rings (SSSR count). The molecule has 2 aliphatic heterocycles. The van der Waals surface area contributed by atoms with E-state index < -0.39 is 62.9 Å². The van der Waals surface area contributed by atoms with Gasteiger partial charge in [-0.15, -0.1) is 0 Å². The Kier molecular flexibility index (Phi) is 26.9. The van der Waals surface area contributed by atoms with E-state index in [-0.39, 0.29) is 132 Å². The van der Waals surface area contributed by atoms with E-state index in [1.165, 1.54) is 61.5 Å². The van der Waals surface area contributed by atoms with Gasteiger partial charge >= 0.3 is 0 Å². The van der Waals surface area contributed by atoms with E-state index in [0.717, 1.165) is 62.6 Å². The lowest BCUT2D eigenvalue weighted by atomic mass is 9.98. The molecule has 1 atom stereocenters. The van der Waals surface area contributed by atoms with Crippen LogP contribution in [0.5, 0.6) is 0 Å². The number of azo groups is 1. The molecule has 7 aromatic rings. The molecule has 6 amide bonds. The molecule has 0 saturated heterocycles. The van der Waals surface area contributed by atoms with Gasteiger partial charge in [0.1, 0.15) is 5.92 Å². The number of nitrogens with zero attached hydrogens (tertiary/aromatic N) is 6. The molecular weight excluding hydrogens is 1490 g/mol. The molecule has 0 radical (unpaired) electrons. The second-order valence-corrected chi connectivity index (χ2v) is 27.6. The van der Waals surface area contributed by atoms with Gasteiger partial charge in [0.15, 0.2) is 29.2 Å². The van der Waals surface area contributed by atoms with Gasteiger partial charge in [0, 0.05) is 53.0 Å². The average Bonchev–Trinajstić information content (AvgIpc) is 1.58. The highest BCUT2D eigenvalue weighted by molar-refractivity contribution is 7.85. The molecule has 1 aliphatic carbocycles. The number of amides is 6. The summed E-state index contributed by atoms with van der Waals surface area (Å²) in [5, 5.41) is 18.5. The third-order valence-electron chi connectivity index (χ3n) is 16.3. The fraction of sp³-hybridized carbons (Fsp3) is 0.290. The van der Waals surface area contributed by atoms with Gasteiger partial charge < -0.3 is 31.1 Å². The molecular formula is C69H64Cl8N10O13S. The summed E-state index contributed by atoms with van der Waals surface area (Å²) in [6.07, 6.45) is 2.43. The number of hydrogen-bond acceptors (Lipinski definition) is 17. The van der Waals surface area contributed by atoms with Crippen LogP contribution in [0.3, 0.4) is 0 Å². The molecule has 530 valence electrons. The van der Waals surface area contributed by atoms with Crippen LogP contribution in [0, 0.1) is 0 Å². The number of aromatic nitrogens is 1. The van der Waals surface area contributed by atoms with Gasteiger partial charge in [-0.2, -0.15) is 18.6 Å². The highest BCUT2D eigenvalue weighted by atomic mass is 35.5. The van der Waals surface area contributed by atoms with Crippen LogP contribution in [0.15, 0.2) is 101 Å². The number of halogens is 8. The molecule has 0 fully saturated rings. The number of carbonyl (C=O) groups is 10. The van der Waals surface area contributed by atoms with Gasteiger partial charge in [0.25, 0.3) is 39.7 Å². The third-order valence-corrected chi connectivity index (χ3v) is 19.9. The standard InChI is InChI=1S/C42H54N8O6.C26H6Cl8N2O4.CH4O3S/c1-6-49(7-2)20-10-18-43-40(54)32-24-33(41(55)44-19-11-21-50(8-3)9-4)26-35(25-32)45-42(56)30-13-15-34(16-14-30)47-48-39(28(5)51)37(52)23-29-12-17-36-31(22-29)27-38(53)46-36;27-14-10-11(15(28)19(32)18(14)31)24(38)9(23(10)37)7-5-4-6-2-1-3-8(22(6)35-7)36-25(39)12-13(26(36)40)17(30)21(34)20(33)16(12)29;1-5(2,3)4/h12-17,22,24-26,39H,6-11,18-21,23,27H2,1-5H3,(H,43,54)(H,44,55)(H,45,56)(H,46,53);1-5,9H;1H3,(H,2,3,4). The monoisotopic (exact) mass is 1550 g/mol. The van der Waals surface area contributed by atoms with Crippen molar-refractivity contribution in [2.45, 2.75) is 72.3 Å². The maximum atomic E-state index is 13.5. The van der Waals surface area contributed by atoms with E-state index >= 15 is 0 Å². The van der Waals surface area contributed by atoms with Crippen LogP contribution >= 0.6 is 92.8 Å². The third kappa shape index (κ3) is 18.5. The van der Waals surface area contributed by atoms with Gasteiger partial charge in [-0.25, -0.2) is 9.88 Å². The SMILES string of the molecule is CCN(CC)CCCNC(=O)c1cc(NC(=O)c2ccc(N=NC(C(C)=O)C(=O)Cc3ccc4c(c3)CC(=O)N4)cc2)cc(C(=O)NCCCN(CC)CC)c1.CS(=O)(=O)O.O=C1c2c(Cl)c(Cl)c(Cl)c(Cl)c2C(=O)C1c1ccc2cccc(N3C(=O)c4c(Cl)c(Cl)c(Cl)c(Cl)c4C3=O)c2n1. The quantitative estimate of drug-likeness (QED) is 0.00714. The molecule has 23 nitrogen and oxygen atoms in total. The fourth-order valence-corrected chi connectivity index (χ4v) is 13.2. The minimum Gasteiger partial charge on any atom is -0.352 e. The molecule has 101 heavy (non-hydrogen) atoms. The lowest BCUT2D eigenvalue weighted by molar-refractivity contribution is -0.127. The summed E-state index contributed by atoms with van der Waals surface area (Å²) in [5.41, 5.74) is 2.96. The highest BCUT2D eigenvalue weighted by Gasteiger charge is 2.47. The maximum Gasteiger partial charge on any atom is 0.267 e. The van der Waals surface area contributed by atoms with Crippen molar-refractivity contribution in [3.63, 3.8) is 0 Å². The molecule has 1 aromatic heterocycles. The predicted octanol–water partition coefficient (Wildman–Crippen LogP) is 14.1. The first-order chi connectivity index (χ1) is 47.8. The molecule has 5 N–H and O–H groups in total. The number of imide groups is 1. The number of nitrogens with one attached hydrogen (secondary N) is 4. The number of Topliss-reactive ketones (excluding diaryl/α,β-unsaturated/α-hetero) is 4. The van der Waals surface area contributed by atoms with Gasteiger partial charge in [0.05, 0.1) is 97.7 Å². The van der Waals surface area contributed by atoms with Crippen LogP contribution < -0.4 is 26.2 Å². The summed E-state index contributed by atoms with van der Waals surface area (Å²) < 4.78 is 25.9. The first-order valence-electron chi connectivity index (χ1n) is 31.3. The van der Waals surface area contributed by atoms with Gasteiger partial charge in [0.2, 0.25) is 5.91 Å². The zero-order valence-electron chi connectivity index (χ0n) is 54.8. The molecule has 3 heterocycles. The molecule has 0 spiro atoms. The number of fused-ring (bicyclic) bond motifs is 4. The van der Waals surface area contributed by atoms with Gasteiger partial charge in [-0.1, -0.05) is 151 Å². The summed E-state index contributed by atoms with van der Waals surface area (Å²) in [7, 11) is -3.67. The Morgan fingerprint density at radius 1 is 0.634 bits per heavy atom. The lowest BCUT2D eigenvalue weighted by Gasteiger charge is -2.18. The second-order valence-electron chi connectivity index (χ2n) is 23.1. The van der Waals surface area contributed by atoms with Crippen LogP contribution in [0.25, 0.3) is 10.9 Å². The topological polar surface area (TPSA) is 321 Å². The van der Waals surface area contributed by atoms with Crippen LogP contribution in [0.2, 0.25) is 40.2 Å². The number of hydrogen-bond donors (Lipinski definition) is 5. The summed E-state index contributed by atoms with van der Waals surface area (Å²) in [4.78, 5) is 141. The Morgan fingerprint density at radius 3 is 1.61 bits per heavy atom. The first-order valence-corrected chi connectivity index (χ1v) is 36.1. The minimum absolute atomic E-state index is 0.0179. The minimum atomic E-state index is -3.67. The van der Waals surface area contributed by atoms with Crippen molar-refractivity contribution in [2.24, 2.45) is 10.2 Å². The predicted molar refractivity (Wildman–Crippen MR) is 392 cm³/mol. The molecule has 6 aromatic carbocycles. The van der Waals surface area contributed by atoms with E-state index in [9.17, 15) is 56.4 Å². The summed E-state index contributed by atoms with van der Waals surface area (Å²) >= 11 is 49.6. The summed E-state index contributed by atoms with van der Waals surface area (Å²) in [6, 6.07) is 22.4. The number of anilines is 3. The van der Waals surface area contributed by atoms with Crippen LogP contribution in [-0.2, 0) is 37.3 Å². The van der Waals surface area contributed by atoms with E-state index in [0.29, 0.717) is 41.7 Å². The number of benzene rings is 6. The smallest absolute Gasteiger partial charge is 0.267 e. The van der Waals surface area contributed by atoms with E-state index in [2.05, 4.69) is 74.0 Å². The van der Waals surface area contributed by atoms with Crippen LogP contribution in [0.1, 0.15) is 143 Å². The number of para-hydroxylation sites is 1. The molecule has 0 saturated carbocycles. The fourth-order valence-electron chi connectivity index (χ4n) is 11.2. The van der Waals surface area contributed by atoms with E-state index in [4.69, 9.17) is 97.4 Å². The van der Waals surface area contributed by atoms with Gasteiger partial charge in [-0.3, -0.25) is 52.5 Å². The van der Waals surface area contributed by atoms with Crippen molar-refractivity contribution in [3.8, 4) is 0 Å². The molecule has 0 bridgehead atoms. The van der Waals surface area contributed by atoms with E-state index in [1.807, 2.05) is 0 Å². The van der Waals surface area contributed by atoms with Crippen molar-refractivity contribution in [2.75, 3.05) is 74.1 Å². The van der Waals surface area contributed by atoms with Crippen molar-refractivity contribution in [3.05, 3.63) is 187 Å². The van der Waals surface area contributed by atoms with Gasteiger partial charge in [-0.05, 0) is 131 Å². The normalized spacial score (nSPS) is 13.6. The molecule has 32 heteroatoms. The van der Waals surface area contributed by atoms with E-state index in [1.54, 1.807) is 36.4 Å². The largest absolute Gasteiger partial charge is 0.352 e. The number of ketones is 4. The number of carbonyl (C=O) groups excluding carboxylic acids is 10. The second kappa shape index (κ2) is 34.4. The van der Waals surface area contributed by atoms with Crippen LogP contribution in [0.4, 0.5) is 22.7 Å². The van der Waals surface area contributed by atoms with Crippen molar-refractivity contribution in [1.82, 2.24) is 25.4 Å². The zero-order chi connectivity index (χ0) is 74.1. The summed E-state index contributed by atoms with van der Waals surface area (Å²) in [5.74, 6) is -6.62. The Balaban J connectivity index is 0.000000251. The Bertz CT molecular complexity index is 4540. The Hall–Kier alpha value is -7.82. The average molecular weight is 1560 g/mol. The maximum absolute atomic E-state index is 13.5. The molecule has 3 aliphatic rings.